The largest absolute Gasteiger partial charge is 0.454 e. The summed E-state index contributed by atoms with van der Waals surface area (Å²) in [7, 11) is -4.11. The highest BCUT2D eigenvalue weighted by molar-refractivity contribution is 7.89. The first-order valence-corrected chi connectivity index (χ1v) is 9.86. The van der Waals surface area contributed by atoms with E-state index in [-0.39, 0.29) is 0 Å². The minimum absolute atomic E-state index is 0.418. The van der Waals surface area contributed by atoms with Crippen molar-refractivity contribution in [3.63, 3.8) is 0 Å². The van der Waals surface area contributed by atoms with Crippen molar-refractivity contribution in [2.24, 2.45) is 5.14 Å². The van der Waals surface area contributed by atoms with Gasteiger partial charge >= 0.3 is 5.97 Å². The number of Topliss-reactive ketones (excluding diaryl/α,β-unsaturated/α-hetero) is 1. The Morgan fingerprint density at radius 2 is 1.74 bits per heavy atom. The Bertz CT molecular complexity index is 986. The third kappa shape index (κ3) is 4.99. The first kappa shape index (κ1) is 20.7. The van der Waals surface area contributed by atoms with Crippen LogP contribution in [0, 0.1) is 5.82 Å². The van der Waals surface area contributed by atoms with Crippen molar-refractivity contribution in [3.05, 3.63) is 64.5 Å². The van der Waals surface area contributed by atoms with E-state index in [1.807, 2.05) is 26.0 Å². The molecule has 0 aliphatic heterocycles. The predicted molar refractivity (Wildman–Crippen MR) is 97.6 cm³/mol. The number of hydrogen-bond acceptors (Lipinski definition) is 5. The standard InChI is InChI=1S/C19H20FNO5S/c1-3-12-5-6-13(4-2)15(9-12)18(22)11-26-19(23)16-10-14(27(21,24)25)7-8-17(16)20/h5-10H,3-4,11H2,1-2H3,(H2,21,24,25). The molecule has 8 heteroatoms. The van der Waals surface area contributed by atoms with Crippen LogP contribution in [0.2, 0.25) is 0 Å². The SMILES string of the molecule is CCc1ccc(CC)c(C(=O)COC(=O)c2cc(S(N)(=O)=O)ccc2F)c1. The molecule has 0 heterocycles. The molecule has 0 unspecified atom stereocenters. The molecule has 0 saturated carbocycles. The van der Waals surface area contributed by atoms with E-state index >= 15 is 0 Å². The fourth-order valence-electron chi connectivity index (χ4n) is 2.54. The monoisotopic (exact) mass is 393 g/mol. The molecule has 0 aliphatic rings. The van der Waals surface area contributed by atoms with Crippen molar-refractivity contribution >= 4 is 21.8 Å². The zero-order valence-electron chi connectivity index (χ0n) is 15.0. The summed E-state index contributed by atoms with van der Waals surface area (Å²) in [5, 5.41) is 4.98. The Morgan fingerprint density at radius 3 is 2.33 bits per heavy atom. The van der Waals surface area contributed by atoms with Gasteiger partial charge in [0.25, 0.3) is 0 Å². The van der Waals surface area contributed by atoms with Gasteiger partial charge in [-0.2, -0.15) is 0 Å². The van der Waals surface area contributed by atoms with E-state index in [2.05, 4.69) is 0 Å². The van der Waals surface area contributed by atoms with E-state index in [1.165, 1.54) is 0 Å². The number of carbonyl (C=O) groups is 2. The molecule has 27 heavy (non-hydrogen) atoms. The summed E-state index contributed by atoms with van der Waals surface area (Å²) in [4.78, 5) is 24.1. The van der Waals surface area contributed by atoms with Crippen molar-refractivity contribution in [1.29, 1.82) is 0 Å². The molecule has 2 aromatic carbocycles. The van der Waals surface area contributed by atoms with Crippen LogP contribution in [-0.4, -0.2) is 26.8 Å². The van der Waals surface area contributed by atoms with Gasteiger partial charge in [0.1, 0.15) is 5.82 Å². The molecule has 0 spiro atoms. The number of sulfonamides is 1. The summed E-state index contributed by atoms with van der Waals surface area (Å²) < 4.78 is 41.5. The van der Waals surface area contributed by atoms with Gasteiger partial charge in [-0.05, 0) is 48.2 Å². The number of ketones is 1. The Hall–Kier alpha value is -2.58. The van der Waals surface area contributed by atoms with E-state index in [1.54, 1.807) is 6.07 Å². The van der Waals surface area contributed by atoms with Crippen LogP contribution < -0.4 is 5.14 Å². The van der Waals surface area contributed by atoms with E-state index in [9.17, 15) is 22.4 Å². The van der Waals surface area contributed by atoms with Crippen LogP contribution in [0.15, 0.2) is 41.3 Å². The average Bonchev–Trinajstić information content (AvgIpc) is 2.64. The maximum Gasteiger partial charge on any atom is 0.341 e. The number of nitrogens with two attached hydrogens (primary N) is 1. The van der Waals surface area contributed by atoms with Crippen molar-refractivity contribution < 1.29 is 27.1 Å². The Balaban J connectivity index is 2.20. The minimum atomic E-state index is -4.11. The molecule has 0 radical (unpaired) electrons. The van der Waals surface area contributed by atoms with Crippen molar-refractivity contribution in [2.75, 3.05) is 6.61 Å². The quantitative estimate of drug-likeness (QED) is 0.575. The first-order valence-electron chi connectivity index (χ1n) is 8.31. The molecule has 0 bridgehead atoms. The molecule has 2 aromatic rings. The number of esters is 1. The Labute approximate surface area is 157 Å². The zero-order chi connectivity index (χ0) is 20.2. The predicted octanol–water partition coefficient (Wildman–Crippen LogP) is 2.64. The van der Waals surface area contributed by atoms with Crippen molar-refractivity contribution in [1.82, 2.24) is 0 Å². The van der Waals surface area contributed by atoms with Gasteiger partial charge in [-0.3, -0.25) is 4.79 Å². The first-order chi connectivity index (χ1) is 12.7. The summed E-state index contributed by atoms with van der Waals surface area (Å²) in [6.07, 6.45) is 1.37. The molecule has 0 amide bonds. The maximum absolute atomic E-state index is 13.9. The van der Waals surface area contributed by atoms with Crippen LogP contribution in [-0.2, 0) is 27.6 Å². The molecule has 0 aromatic heterocycles. The lowest BCUT2D eigenvalue weighted by atomic mass is 9.98. The maximum atomic E-state index is 13.9. The molecule has 6 nitrogen and oxygen atoms in total. The third-order valence-electron chi connectivity index (χ3n) is 4.08. The van der Waals surface area contributed by atoms with Gasteiger partial charge in [-0.25, -0.2) is 22.7 Å². The van der Waals surface area contributed by atoms with Crippen LogP contribution in [0.4, 0.5) is 4.39 Å². The average molecular weight is 393 g/mol. The van der Waals surface area contributed by atoms with E-state index < -0.39 is 44.7 Å². The van der Waals surface area contributed by atoms with E-state index in [0.717, 1.165) is 35.7 Å². The summed E-state index contributed by atoms with van der Waals surface area (Å²) in [5.74, 6) is -2.53. The van der Waals surface area contributed by atoms with Crippen LogP contribution in [0.3, 0.4) is 0 Å². The third-order valence-corrected chi connectivity index (χ3v) is 5.00. The lowest BCUT2D eigenvalue weighted by Gasteiger charge is -2.10. The fourth-order valence-corrected chi connectivity index (χ4v) is 3.08. The Morgan fingerprint density at radius 1 is 1.04 bits per heavy atom. The molecule has 2 rings (SSSR count). The lowest BCUT2D eigenvalue weighted by Crippen LogP contribution is -2.18. The number of rotatable bonds is 7. The van der Waals surface area contributed by atoms with Crippen molar-refractivity contribution in [2.45, 2.75) is 31.6 Å². The number of carbonyl (C=O) groups excluding carboxylic acids is 2. The molecule has 0 saturated heterocycles. The number of aryl methyl sites for hydroxylation is 2. The fraction of sp³-hybridized carbons (Fsp3) is 0.263. The van der Waals surface area contributed by atoms with Gasteiger partial charge in [0, 0.05) is 5.56 Å². The topological polar surface area (TPSA) is 104 Å². The second-order valence-corrected chi connectivity index (χ2v) is 7.45. The van der Waals surface area contributed by atoms with Crippen LogP contribution >= 0.6 is 0 Å². The van der Waals surface area contributed by atoms with E-state index in [0.29, 0.717) is 12.0 Å². The van der Waals surface area contributed by atoms with E-state index in [4.69, 9.17) is 9.88 Å². The van der Waals surface area contributed by atoms with Crippen LogP contribution in [0.5, 0.6) is 0 Å². The number of hydrogen-bond donors (Lipinski definition) is 1. The van der Waals surface area contributed by atoms with Gasteiger partial charge in [0.15, 0.2) is 6.61 Å². The van der Waals surface area contributed by atoms with Crippen molar-refractivity contribution in [3.8, 4) is 0 Å². The number of primary sulfonamides is 1. The molecule has 0 aliphatic carbocycles. The molecule has 0 atom stereocenters. The van der Waals surface area contributed by atoms with Gasteiger partial charge in [-0.15, -0.1) is 0 Å². The lowest BCUT2D eigenvalue weighted by molar-refractivity contribution is 0.0469. The highest BCUT2D eigenvalue weighted by Gasteiger charge is 2.20. The molecule has 2 N–H and O–H groups in total. The molecular formula is C19H20FNO5S. The van der Waals surface area contributed by atoms with Gasteiger partial charge < -0.3 is 4.74 Å². The summed E-state index contributed by atoms with van der Waals surface area (Å²) in [6, 6.07) is 8.05. The smallest absolute Gasteiger partial charge is 0.341 e. The minimum Gasteiger partial charge on any atom is -0.454 e. The summed E-state index contributed by atoms with van der Waals surface area (Å²) >= 11 is 0. The number of ether oxygens (including phenoxy) is 1. The van der Waals surface area contributed by atoms with Crippen LogP contribution in [0.25, 0.3) is 0 Å². The molecular weight excluding hydrogens is 373 g/mol. The zero-order valence-corrected chi connectivity index (χ0v) is 15.8. The summed E-state index contributed by atoms with van der Waals surface area (Å²) in [6.45, 7) is 3.27. The second-order valence-electron chi connectivity index (χ2n) is 5.88. The van der Waals surface area contributed by atoms with Crippen LogP contribution in [0.1, 0.15) is 45.7 Å². The number of benzene rings is 2. The molecule has 0 fully saturated rings. The summed E-state index contributed by atoms with van der Waals surface area (Å²) in [5.41, 5.74) is 1.63. The number of halogens is 1. The molecule has 144 valence electrons. The van der Waals surface area contributed by atoms with Gasteiger partial charge in [0.2, 0.25) is 15.8 Å². The second kappa shape index (κ2) is 8.41. The highest BCUT2D eigenvalue weighted by Crippen LogP contribution is 2.17. The highest BCUT2D eigenvalue weighted by atomic mass is 32.2. The Kier molecular flexibility index (Phi) is 6.45. The normalized spacial score (nSPS) is 11.3. The van der Waals surface area contributed by atoms with Gasteiger partial charge in [0.05, 0.1) is 10.5 Å². The van der Waals surface area contributed by atoms with Gasteiger partial charge in [-0.1, -0.05) is 26.0 Å².